The minimum absolute atomic E-state index is 0.00866. The van der Waals surface area contributed by atoms with E-state index in [1.807, 2.05) is 36.4 Å². The summed E-state index contributed by atoms with van der Waals surface area (Å²) in [4.78, 5) is 18.8. The summed E-state index contributed by atoms with van der Waals surface area (Å²) in [5, 5.41) is 0. The van der Waals surface area contributed by atoms with Gasteiger partial charge >= 0.3 is 0 Å². The van der Waals surface area contributed by atoms with Gasteiger partial charge in [0.1, 0.15) is 0 Å². The molecule has 0 bridgehead atoms. The first-order valence-corrected chi connectivity index (χ1v) is 8.20. The molecule has 1 fully saturated rings. The van der Waals surface area contributed by atoms with Gasteiger partial charge in [-0.15, -0.1) is 0 Å². The van der Waals surface area contributed by atoms with E-state index in [-0.39, 0.29) is 12.0 Å². The highest BCUT2D eigenvalue weighted by Crippen LogP contribution is 2.21. The molecule has 1 amide bonds. The second kappa shape index (κ2) is 7.38. The van der Waals surface area contributed by atoms with Crippen molar-refractivity contribution in [2.45, 2.75) is 32.3 Å². The van der Waals surface area contributed by atoms with Gasteiger partial charge in [0, 0.05) is 30.3 Å². The van der Waals surface area contributed by atoms with E-state index in [0.717, 1.165) is 31.6 Å². The van der Waals surface area contributed by atoms with Gasteiger partial charge in [-0.05, 0) is 49.1 Å². The van der Waals surface area contributed by atoms with Gasteiger partial charge in [0.05, 0.1) is 12.6 Å². The van der Waals surface area contributed by atoms with E-state index in [2.05, 4.69) is 11.9 Å². The molecule has 23 heavy (non-hydrogen) atoms. The van der Waals surface area contributed by atoms with Crippen LogP contribution in [0.15, 0.2) is 48.8 Å². The molecule has 0 N–H and O–H groups in total. The fraction of sp³-hybridized carbons (Fsp3) is 0.368. The van der Waals surface area contributed by atoms with Gasteiger partial charge in [-0.2, -0.15) is 0 Å². The Morgan fingerprint density at radius 3 is 2.57 bits per heavy atom. The van der Waals surface area contributed by atoms with Crippen molar-refractivity contribution < 1.29 is 9.53 Å². The number of hydrogen-bond acceptors (Lipinski definition) is 3. The molecule has 1 aromatic heterocycles. The smallest absolute Gasteiger partial charge is 0.258 e. The molecule has 0 saturated carbocycles. The third-order valence-corrected chi connectivity index (χ3v) is 4.24. The molecule has 1 unspecified atom stereocenters. The van der Waals surface area contributed by atoms with E-state index in [1.54, 1.807) is 17.3 Å². The first-order valence-electron chi connectivity index (χ1n) is 8.20. The summed E-state index contributed by atoms with van der Waals surface area (Å²) in [5.74, 6) is 0.00866. The van der Waals surface area contributed by atoms with E-state index >= 15 is 0 Å². The summed E-state index contributed by atoms with van der Waals surface area (Å²) >= 11 is 0. The standard InChI is InChI=1S/C19H22N2O2/c1-2-15-5-7-16(8-6-15)19(22)21(14-18-4-3-13-23-18)17-9-11-20-12-10-17/h5-12,18H,2-4,13-14H2,1H3. The van der Waals surface area contributed by atoms with Gasteiger partial charge < -0.3 is 9.64 Å². The lowest BCUT2D eigenvalue weighted by Crippen LogP contribution is -2.37. The molecule has 1 aromatic carbocycles. The number of benzene rings is 1. The number of pyridine rings is 1. The Morgan fingerprint density at radius 1 is 1.22 bits per heavy atom. The molecule has 2 heterocycles. The highest BCUT2D eigenvalue weighted by molar-refractivity contribution is 6.06. The maximum Gasteiger partial charge on any atom is 0.258 e. The number of aromatic nitrogens is 1. The fourth-order valence-electron chi connectivity index (χ4n) is 2.86. The largest absolute Gasteiger partial charge is 0.376 e. The molecular weight excluding hydrogens is 288 g/mol. The molecule has 1 saturated heterocycles. The molecular formula is C19H22N2O2. The monoisotopic (exact) mass is 310 g/mol. The Balaban J connectivity index is 1.85. The van der Waals surface area contributed by atoms with Crippen LogP contribution < -0.4 is 4.90 Å². The zero-order chi connectivity index (χ0) is 16.1. The Kier molecular flexibility index (Phi) is 5.03. The van der Waals surface area contributed by atoms with Crippen molar-refractivity contribution in [3.8, 4) is 0 Å². The Labute approximate surface area is 137 Å². The van der Waals surface area contributed by atoms with Gasteiger partial charge in [0.2, 0.25) is 0 Å². The molecule has 1 aliphatic rings. The van der Waals surface area contributed by atoms with E-state index in [0.29, 0.717) is 12.1 Å². The zero-order valence-electron chi connectivity index (χ0n) is 13.4. The van der Waals surface area contributed by atoms with Crippen LogP contribution in [-0.4, -0.2) is 30.1 Å². The van der Waals surface area contributed by atoms with Gasteiger partial charge in [-0.1, -0.05) is 19.1 Å². The Hall–Kier alpha value is -2.20. The Morgan fingerprint density at radius 2 is 1.96 bits per heavy atom. The summed E-state index contributed by atoms with van der Waals surface area (Å²) in [6, 6.07) is 11.6. The molecule has 0 spiro atoms. The molecule has 0 radical (unpaired) electrons. The van der Waals surface area contributed by atoms with Crippen molar-refractivity contribution in [1.82, 2.24) is 4.98 Å². The number of nitrogens with zero attached hydrogens (tertiary/aromatic N) is 2. The summed E-state index contributed by atoms with van der Waals surface area (Å²) < 4.78 is 5.72. The quantitative estimate of drug-likeness (QED) is 0.849. The predicted molar refractivity (Wildman–Crippen MR) is 90.7 cm³/mol. The van der Waals surface area contributed by atoms with Crippen LogP contribution in [0.3, 0.4) is 0 Å². The van der Waals surface area contributed by atoms with Gasteiger partial charge in [0.15, 0.2) is 0 Å². The van der Waals surface area contributed by atoms with Gasteiger partial charge in [0.25, 0.3) is 5.91 Å². The van der Waals surface area contributed by atoms with Gasteiger partial charge in [-0.3, -0.25) is 9.78 Å². The van der Waals surface area contributed by atoms with Crippen molar-refractivity contribution in [3.05, 3.63) is 59.9 Å². The molecule has 3 rings (SSSR count). The van der Waals surface area contributed by atoms with Crippen molar-refractivity contribution in [3.63, 3.8) is 0 Å². The van der Waals surface area contributed by atoms with Crippen LogP contribution >= 0.6 is 0 Å². The number of anilines is 1. The Bertz CT molecular complexity index is 634. The highest BCUT2D eigenvalue weighted by atomic mass is 16.5. The average Bonchev–Trinajstić information content (AvgIpc) is 3.13. The average molecular weight is 310 g/mol. The summed E-state index contributed by atoms with van der Waals surface area (Å²) in [6.07, 6.45) is 6.58. The number of hydrogen-bond donors (Lipinski definition) is 0. The molecule has 4 nitrogen and oxygen atoms in total. The number of rotatable bonds is 5. The summed E-state index contributed by atoms with van der Waals surface area (Å²) in [5.41, 5.74) is 2.80. The van der Waals surface area contributed by atoms with Crippen LogP contribution in [0, 0.1) is 0 Å². The van der Waals surface area contributed by atoms with Crippen LogP contribution in [-0.2, 0) is 11.2 Å². The lowest BCUT2D eigenvalue weighted by Gasteiger charge is -2.25. The lowest BCUT2D eigenvalue weighted by atomic mass is 10.1. The van der Waals surface area contributed by atoms with Crippen molar-refractivity contribution in [1.29, 1.82) is 0 Å². The van der Waals surface area contributed by atoms with Crippen LogP contribution in [0.5, 0.6) is 0 Å². The fourth-order valence-corrected chi connectivity index (χ4v) is 2.86. The SMILES string of the molecule is CCc1ccc(C(=O)N(CC2CCCO2)c2ccncc2)cc1. The van der Waals surface area contributed by atoms with Crippen molar-refractivity contribution in [2.24, 2.45) is 0 Å². The van der Waals surface area contributed by atoms with E-state index < -0.39 is 0 Å². The topological polar surface area (TPSA) is 42.4 Å². The maximum atomic E-state index is 13.0. The highest BCUT2D eigenvalue weighted by Gasteiger charge is 2.24. The first kappa shape index (κ1) is 15.7. The number of aryl methyl sites for hydroxylation is 1. The second-order valence-corrected chi connectivity index (χ2v) is 5.81. The van der Waals surface area contributed by atoms with Crippen LogP contribution in [0.25, 0.3) is 0 Å². The molecule has 1 aliphatic heterocycles. The second-order valence-electron chi connectivity index (χ2n) is 5.81. The normalized spacial score (nSPS) is 17.2. The van der Waals surface area contributed by atoms with Crippen molar-refractivity contribution in [2.75, 3.05) is 18.1 Å². The molecule has 1 atom stereocenters. The minimum Gasteiger partial charge on any atom is -0.376 e. The predicted octanol–water partition coefficient (Wildman–Crippen LogP) is 3.47. The molecule has 0 aliphatic carbocycles. The number of carbonyl (C=O) groups is 1. The van der Waals surface area contributed by atoms with E-state index in [9.17, 15) is 4.79 Å². The third-order valence-electron chi connectivity index (χ3n) is 4.24. The number of carbonyl (C=O) groups excluding carboxylic acids is 1. The molecule has 4 heteroatoms. The summed E-state index contributed by atoms with van der Waals surface area (Å²) in [7, 11) is 0. The minimum atomic E-state index is 0.00866. The molecule has 120 valence electrons. The summed E-state index contributed by atoms with van der Waals surface area (Å²) in [6.45, 7) is 3.48. The first-order chi connectivity index (χ1) is 11.3. The van der Waals surface area contributed by atoms with Crippen molar-refractivity contribution >= 4 is 11.6 Å². The number of ether oxygens (including phenoxy) is 1. The van der Waals surface area contributed by atoms with E-state index in [1.165, 1.54) is 5.56 Å². The van der Waals surface area contributed by atoms with Crippen LogP contribution in [0.1, 0.15) is 35.7 Å². The maximum absolute atomic E-state index is 13.0. The molecule has 2 aromatic rings. The number of amides is 1. The van der Waals surface area contributed by atoms with Crippen LogP contribution in [0.4, 0.5) is 5.69 Å². The van der Waals surface area contributed by atoms with E-state index in [4.69, 9.17) is 4.74 Å². The third kappa shape index (κ3) is 3.77. The lowest BCUT2D eigenvalue weighted by molar-refractivity contribution is 0.0917. The zero-order valence-corrected chi connectivity index (χ0v) is 13.4. The van der Waals surface area contributed by atoms with Gasteiger partial charge in [-0.25, -0.2) is 0 Å². The van der Waals surface area contributed by atoms with Crippen LogP contribution in [0.2, 0.25) is 0 Å².